The topological polar surface area (TPSA) is 68.9 Å². The number of carbonyl (C=O) groups is 1. The van der Waals surface area contributed by atoms with Gasteiger partial charge in [-0.1, -0.05) is 12.1 Å². The minimum Gasteiger partial charge on any atom is -0.383 e. The Kier molecular flexibility index (Phi) is 2.97. The van der Waals surface area contributed by atoms with Crippen LogP contribution in [0.2, 0.25) is 0 Å². The molecule has 20 heavy (non-hydrogen) atoms. The van der Waals surface area contributed by atoms with Crippen molar-refractivity contribution in [2.24, 2.45) is 0 Å². The maximum Gasteiger partial charge on any atom is 0.169 e. The molecular weight excluding hydrogens is 257 g/mol. The molecule has 4 nitrogen and oxygen atoms in total. The summed E-state index contributed by atoms with van der Waals surface area (Å²) in [6.45, 7) is 1.75. The molecule has 0 saturated carbocycles. The van der Waals surface area contributed by atoms with Crippen molar-refractivity contribution >= 4 is 11.6 Å². The van der Waals surface area contributed by atoms with Crippen molar-refractivity contribution in [3.8, 4) is 0 Å². The fraction of sp³-hybridized carbons (Fsp3) is 0.267. The van der Waals surface area contributed by atoms with Gasteiger partial charge in [0, 0.05) is 6.42 Å². The van der Waals surface area contributed by atoms with Gasteiger partial charge in [-0.05, 0) is 37.0 Å². The van der Waals surface area contributed by atoms with Crippen LogP contribution in [0.5, 0.6) is 0 Å². The first-order chi connectivity index (χ1) is 9.54. The van der Waals surface area contributed by atoms with Crippen LogP contribution in [0.1, 0.15) is 39.8 Å². The Bertz CT molecular complexity index is 682. The second-order valence-corrected chi connectivity index (χ2v) is 5.06. The molecule has 5 heteroatoms. The third-order valence-electron chi connectivity index (χ3n) is 3.62. The van der Waals surface area contributed by atoms with Gasteiger partial charge in [-0.15, -0.1) is 0 Å². The number of nitrogens with two attached hydrogens (primary N) is 1. The van der Waals surface area contributed by atoms with Crippen molar-refractivity contribution < 1.29 is 9.18 Å². The molecule has 1 atom stereocenters. The van der Waals surface area contributed by atoms with Gasteiger partial charge in [0.25, 0.3) is 0 Å². The van der Waals surface area contributed by atoms with Gasteiger partial charge in [-0.3, -0.25) is 4.79 Å². The van der Waals surface area contributed by atoms with Gasteiger partial charge in [0.15, 0.2) is 5.78 Å². The van der Waals surface area contributed by atoms with Crippen LogP contribution in [0.25, 0.3) is 0 Å². The molecule has 0 spiro atoms. The number of rotatable bonds is 1. The molecule has 1 aromatic carbocycles. The summed E-state index contributed by atoms with van der Waals surface area (Å²) in [6, 6.07) is 6.26. The highest BCUT2D eigenvalue weighted by Gasteiger charge is 2.29. The predicted molar refractivity (Wildman–Crippen MR) is 73.0 cm³/mol. The summed E-state index contributed by atoms with van der Waals surface area (Å²) in [4.78, 5) is 20.6. The van der Waals surface area contributed by atoms with Gasteiger partial charge in [-0.25, -0.2) is 14.4 Å². The van der Waals surface area contributed by atoms with E-state index in [-0.39, 0.29) is 23.3 Å². The number of benzene rings is 1. The number of aryl methyl sites for hydroxylation is 1. The van der Waals surface area contributed by atoms with E-state index in [4.69, 9.17) is 5.73 Å². The van der Waals surface area contributed by atoms with E-state index in [0.717, 1.165) is 5.56 Å². The molecule has 1 heterocycles. The highest BCUT2D eigenvalue weighted by molar-refractivity contribution is 6.02. The maximum atomic E-state index is 13.0. The highest BCUT2D eigenvalue weighted by Crippen LogP contribution is 2.33. The van der Waals surface area contributed by atoms with Gasteiger partial charge < -0.3 is 5.73 Å². The van der Waals surface area contributed by atoms with Crippen LogP contribution >= 0.6 is 0 Å². The molecule has 1 aliphatic rings. The summed E-state index contributed by atoms with van der Waals surface area (Å²) in [5.74, 6) is 0.518. The summed E-state index contributed by atoms with van der Waals surface area (Å²) < 4.78 is 13.0. The summed E-state index contributed by atoms with van der Waals surface area (Å²) >= 11 is 0. The molecule has 0 fully saturated rings. The number of nitrogen functional groups attached to an aromatic ring is 1. The molecule has 0 amide bonds. The van der Waals surface area contributed by atoms with E-state index in [2.05, 4.69) is 9.97 Å². The molecule has 0 unspecified atom stereocenters. The van der Waals surface area contributed by atoms with Crippen molar-refractivity contribution in [3.05, 3.63) is 52.7 Å². The number of hydrogen-bond donors (Lipinski definition) is 1. The quantitative estimate of drug-likeness (QED) is 0.864. The smallest absolute Gasteiger partial charge is 0.169 e. The Morgan fingerprint density at radius 2 is 1.90 bits per heavy atom. The van der Waals surface area contributed by atoms with Crippen LogP contribution in [0, 0.1) is 12.7 Å². The molecule has 1 aliphatic carbocycles. The first-order valence-corrected chi connectivity index (χ1v) is 6.46. The Labute approximate surface area is 115 Å². The fourth-order valence-electron chi connectivity index (χ4n) is 2.71. The number of carbonyl (C=O) groups excluding carboxylic acids is 1. The van der Waals surface area contributed by atoms with Crippen molar-refractivity contribution in [3.63, 3.8) is 0 Å². The third kappa shape index (κ3) is 2.15. The van der Waals surface area contributed by atoms with Crippen molar-refractivity contribution in [2.75, 3.05) is 5.73 Å². The Morgan fingerprint density at radius 1 is 1.20 bits per heavy atom. The third-order valence-corrected chi connectivity index (χ3v) is 3.62. The number of nitrogens with zero attached hydrogens (tertiary/aromatic N) is 2. The van der Waals surface area contributed by atoms with Crippen molar-refractivity contribution in [2.45, 2.75) is 25.7 Å². The van der Waals surface area contributed by atoms with E-state index in [1.165, 1.54) is 12.1 Å². The van der Waals surface area contributed by atoms with Gasteiger partial charge in [0.1, 0.15) is 17.5 Å². The Hall–Kier alpha value is -2.30. The van der Waals surface area contributed by atoms with Crippen molar-refractivity contribution in [1.82, 2.24) is 9.97 Å². The van der Waals surface area contributed by atoms with E-state index in [1.807, 2.05) is 0 Å². The molecule has 0 aliphatic heterocycles. The number of Topliss-reactive ketones (excluding diaryl/α,β-unsaturated/α-hetero) is 1. The van der Waals surface area contributed by atoms with Gasteiger partial charge >= 0.3 is 0 Å². The molecule has 2 N–H and O–H groups in total. The maximum absolute atomic E-state index is 13.0. The zero-order valence-electron chi connectivity index (χ0n) is 11.1. The second kappa shape index (κ2) is 4.67. The minimum absolute atomic E-state index is 0.0179. The van der Waals surface area contributed by atoms with Gasteiger partial charge in [0.2, 0.25) is 0 Å². The second-order valence-electron chi connectivity index (χ2n) is 5.06. The van der Waals surface area contributed by atoms with E-state index >= 15 is 0 Å². The minimum atomic E-state index is -0.279. The highest BCUT2D eigenvalue weighted by atomic mass is 19.1. The molecule has 0 radical (unpaired) electrons. The number of aromatic nitrogens is 2. The van der Waals surface area contributed by atoms with E-state index in [0.29, 0.717) is 29.9 Å². The summed E-state index contributed by atoms with van der Waals surface area (Å²) in [5.41, 5.74) is 7.91. The predicted octanol–water partition coefficient (Wildman–Crippen LogP) is 2.42. The zero-order chi connectivity index (χ0) is 14.3. The number of anilines is 1. The average molecular weight is 271 g/mol. The number of fused-ring (bicyclic) bond motifs is 1. The van der Waals surface area contributed by atoms with E-state index in [1.54, 1.807) is 19.1 Å². The first kappa shape index (κ1) is 12.7. The lowest BCUT2D eigenvalue weighted by Crippen LogP contribution is -2.23. The standard InChI is InChI=1S/C15H14FN3O/c1-8-18-12-6-10(9-2-4-11(16)5-3-9)7-13(20)14(12)15(17)19-8/h2-5,10H,6-7H2,1H3,(H2,17,18,19)/t10-/m0/s1. The number of hydrogen-bond acceptors (Lipinski definition) is 4. The summed E-state index contributed by atoms with van der Waals surface area (Å²) in [6.07, 6.45) is 0.982. The largest absolute Gasteiger partial charge is 0.383 e. The molecule has 2 aromatic rings. The van der Waals surface area contributed by atoms with E-state index < -0.39 is 0 Å². The normalized spacial score (nSPS) is 17.9. The lowest BCUT2D eigenvalue weighted by molar-refractivity contribution is 0.0963. The van der Waals surface area contributed by atoms with Crippen LogP contribution in [0.3, 0.4) is 0 Å². The summed E-state index contributed by atoms with van der Waals surface area (Å²) in [7, 11) is 0. The Morgan fingerprint density at radius 3 is 2.60 bits per heavy atom. The molecule has 102 valence electrons. The van der Waals surface area contributed by atoms with E-state index in [9.17, 15) is 9.18 Å². The van der Waals surface area contributed by atoms with Gasteiger partial charge in [-0.2, -0.15) is 0 Å². The van der Waals surface area contributed by atoms with Crippen LogP contribution in [-0.2, 0) is 6.42 Å². The Balaban J connectivity index is 2.00. The lowest BCUT2D eigenvalue weighted by Gasteiger charge is -2.24. The number of halogens is 1. The molecule has 3 rings (SSSR count). The lowest BCUT2D eigenvalue weighted by atomic mass is 9.82. The van der Waals surface area contributed by atoms with Crippen LogP contribution < -0.4 is 5.73 Å². The van der Waals surface area contributed by atoms with Crippen LogP contribution in [0.15, 0.2) is 24.3 Å². The van der Waals surface area contributed by atoms with Crippen molar-refractivity contribution in [1.29, 1.82) is 0 Å². The monoisotopic (exact) mass is 271 g/mol. The average Bonchev–Trinajstić information content (AvgIpc) is 2.38. The van der Waals surface area contributed by atoms with Crippen LogP contribution in [-0.4, -0.2) is 15.8 Å². The SMILES string of the molecule is Cc1nc(N)c2c(n1)C[C@H](c1ccc(F)cc1)CC2=O. The van der Waals surface area contributed by atoms with Gasteiger partial charge in [0.05, 0.1) is 11.3 Å². The zero-order valence-corrected chi connectivity index (χ0v) is 11.1. The first-order valence-electron chi connectivity index (χ1n) is 6.46. The molecule has 1 aromatic heterocycles. The van der Waals surface area contributed by atoms with Crippen LogP contribution in [0.4, 0.5) is 10.2 Å². The summed E-state index contributed by atoms with van der Waals surface area (Å²) in [5, 5.41) is 0. The fourth-order valence-corrected chi connectivity index (χ4v) is 2.71. The number of ketones is 1. The molecule has 0 saturated heterocycles. The molecule has 0 bridgehead atoms. The molecular formula is C15H14FN3O.